The number of amides is 2. The van der Waals surface area contributed by atoms with Crippen LogP contribution in [0.15, 0.2) is 46.9 Å². The summed E-state index contributed by atoms with van der Waals surface area (Å²) in [6, 6.07) is 11.3. The van der Waals surface area contributed by atoms with Crippen molar-refractivity contribution in [2.75, 3.05) is 12.4 Å². The minimum atomic E-state index is -0.361. The summed E-state index contributed by atoms with van der Waals surface area (Å²) in [6.07, 6.45) is 0. The van der Waals surface area contributed by atoms with Crippen molar-refractivity contribution in [2.24, 2.45) is 0 Å². The Morgan fingerprint density at radius 3 is 2.76 bits per heavy atom. The van der Waals surface area contributed by atoms with E-state index >= 15 is 0 Å². The van der Waals surface area contributed by atoms with Crippen LogP contribution in [0.2, 0.25) is 0 Å². The van der Waals surface area contributed by atoms with E-state index in [1.54, 1.807) is 30.3 Å². The third kappa shape index (κ3) is 4.19. The maximum atomic E-state index is 13.1. The predicted octanol–water partition coefficient (Wildman–Crippen LogP) is 3.92. The zero-order valence-corrected chi connectivity index (χ0v) is 12.9. The van der Waals surface area contributed by atoms with Gasteiger partial charge in [-0.3, -0.25) is 0 Å². The Hall–Kier alpha value is -2.08. The molecule has 4 nitrogen and oxygen atoms in total. The number of carbonyl (C=O) groups excluding carboxylic acids is 1. The second-order valence-corrected chi connectivity index (χ2v) is 5.11. The molecule has 0 saturated heterocycles. The minimum Gasteiger partial charge on any atom is -0.495 e. The van der Waals surface area contributed by atoms with Crippen LogP contribution in [0.5, 0.6) is 5.75 Å². The van der Waals surface area contributed by atoms with Crippen molar-refractivity contribution in [3.63, 3.8) is 0 Å². The first-order valence-corrected chi connectivity index (χ1v) is 7.01. The number of carbonyl (C=O) groups is 1. The Morgan fingerprint density at radius 1 is 1.29 bits per heavy atom. The van der Waals surface area contributed by atoms with Crippen molar-refractivity contribution in [1.82, 2.24) is 5.32 Å². The first-order chi connectivity index (χ1) is 10.1. The second kappa shape index (κ2) is 7.08. The van der Waals surface area contributed by atoms with Gasteiger partial charge in [-0.25, -0.2) is 9.18 Å². The van der Waals surface area contributed by atoms with Crippen LogP contribution in [0.3, 0.4) is 0 Å². The molecule has 6 heteroatoms. The molecule has 0 aromatic heterocycles. The molecule has 0 aliphatic heterocycles. The van der Waals surface area contributed by atoms with E-state index in [-0.39, 0.29) is 11.8 Å². The lowest BCUT2D eigenvalue weighted by atomic mass is 10.2. The van der Waals surface area contributed by atoms with Crippen LogP contribution >= 0.6 is 15.9 Å². The molecule has 0 radical (unpaired) electrons. The Balaban J connectivity index is 1.94. The van der Waals surface area contributed by atoms with Gasteiger partial charge in [-0.05, 0) is 45.8 Å². The summed E-state index contributed by atoms with van der Waals surface area (Å²) < 4.78 is 18.6. The molecule has 2 aromatic rings. The van der Waals surface area contributed by atoms with Gasteiger partial charge in [0, 0.05) is 6.54 Å². The molecule has 0 aliphatic rings. The fraction of sp³-hybridized carbons (Fsp3) is 0.133. The average molecular weight is 353 g/mol. The highest BCUT2D eigenvalue weighted by molar-refractivity contribution is 9.10. The van der Waals surface area contributed by atoms with Gasteiger partial charge < -0.3 is 15.4 Å². The quantitative estimate of drug-likeness (QED) is 0.876. The number of benzene rings is 2. The maximum Gasteiger partial charge on any atom is 0.319 e. The maximum absolute atomic E-state index is 13.1. The zero-order valence-electron chi connectivity index (χ0n) is 11.3. The monoisotopic (exact) mass is 352 g/mol. The Morgan fingerprint density at radius 2 is 2.05 bits per heavy atom. The molecule has 0 bridgehead atoms. The molecule has 21 heavy (non-hydrogen) atoms. The van der Waals surface area contributed by atoms with Gasteiger partial charge in [0.2, 0.25) is 0 Å². The third-order valence-electron chi connectivity index (χ3n) is 2.79. The molecule has 2 amide bonds. The van der Waals surface area contributed by atoms with Crippen LogP contribution in [0.1, 0.15) is 5.56 Å². The van der Waals surface area contributed by atoms with Gasteiger partial charge in [-0.2, -0.15) is 0 Å². The average Bonchev–Trinajstić information content (AvgIpc) is 2.49. The summed E-state index contributed by atoms with van der Waals surface area (Å²) >= 11 is 3.11. The van der Waals surface area contributed by atoms with E-state index in [0.717, 1.165) is 5.56 Å². The molecule has 0 spiro atoms. The number of halogens is 2. The van der Waals surface area contributed by atoms with Crippen LogP contribution in [0.25, 0.3) is 0 Å². The van der Waals surface area contributed by atoms with E-state index in [1.807, 2.05) is 6.07 Å². The van der Waals surface area contributed by atoms with Crippen LogP contribution in [-0.2, 0) is 6.54 Å². The highest BCUT2D eigenvalue weighted by Gasteiger charge is 2.07. The van der Waals surface area contributed by atoms with E-state index in [4.69, 9.17) is 4.74 Å². The van der Waals surface area contributed by atoms with Crippen molar-refractivity contribution in [1.29, 1.82) is 0 Å². The third-order valence-corrected chi connectivity index (χ3v) is 3.40. The highest BCUT2D eigenvalue weighted by Crippen LogP contribution is 2.22. The van der Waals surface area contributed by atoms with Gasteiger partial charge in [-0.15, -0.1) is 0 Å². The Kier molecular flexibility index (Phi) is 5.16. The summed E-state index contributed by atoms with van der Waals surface area (Å²) in [5.41, 5.74) is 1.37. The molecular weight excluding hydrogens is 339 g/mol. The molecule has 2 N–H and O–H groups in total. The number of anilines is 1. The molecule has 0 heterocycles. The number of hydrogen-bond donors (Lipinski definition) is 2. The highest BCUT2D eigenvalue weighted by atomic mass is 79.9. The van der Waals surface area contributed by atoms with E-state index in [1.165, 1.54) is 13.2 Å². The molecule has 0 aliphatic carbocycles. The number of para-hydroxylation sites is 2. The second-order valence-electron chi connectivity index (χ2n) is 4.26. The topological polar surface area (TPSA) is 50.4 Å². The van der Waals surface area contributed by atoms with Gasteiger partial charge in [0.25, 0.3) is 0 Å². The number of methoxy groups -OCH3 is 1. The number of ether oxygens (including phenoxy) is 1. The Labute approximate surface area is 130 Å². The smallest absolute Gasteiger partial charge is 0.319 e. The molecule has 0 unspecified atom stereocenters. The summed E-state index contributed by atoms with van der Waals surface area (Å²) in [6.45, 7) is 0.292. The lowest BCUT2D eigenvalue weighted by molar-refractivity contribution is 0.251. The van der Waals surface area contributed by atoms with E-state index in [2.05, 4.69) is 26.6 Å². The van der Waals surface area contributed by atoms with Gasteiger partial charge in [0.15, 0.2) is 0 Å². The van der Waals surface area contributed by atoms with E-state index in [0.29, 0.717) is 22.5 Å². The van der Waals surface area contributed by atoms with Crippen molar-refractivity contribution in [3.8, 4) is 5.75 Å². The van der Waals surface area contributed by atoms with Crippen molar-refractivity contribution >= 4 is 27.6 Å². The van der Waals surface area contributed by atoms with Crippen molar-refractivity contribution in [3.05, 3.63) is 58.3 Å². The zero-order chi connectivity index (χ0) is 15.2. The van der Waals surface area contributed by atoms with E-state index < -0.39 is 0 Å². The first-order valence-electron chi connectivity index (χ1n) is 6.22. The molecule has 0 atom stereocenters. The minimum absolute atomic E-state index is 0.292. The number of rotatable bonds is 4. The number of nitrogens with one attached hydrogen (secondary N) is 2. The van der Waals surface area contributed by atoms with Crippen LogP contribution < -0.4 is 15.4 Å². The fourth-order valence-corrected chi connectivity index (χ4v) is 2.17. The van der Waals surface area contributed by atoms with Crippen LogP contribution in [0.4, 0.5) is 14.9 Å². The lowest BCUT2D eigenvalue weighted by Crippen LogP contribution is -2.28. The molecule has 110 valence electrons. The van der Waals surface area contributed by atoms with Gasteiger partial charge in [-0.1, -0.05) is 18.2 Å². The largest absolute Gasteiger partial charge is 0.495 e. The summed E-state index contributed by atoms with van der Waals surface area (Å²) in [5.74, 6) is 0.245. The van der Waals surface area contributed by atoms with Crippen LogP contribution in [-0.4, -0.2) is 13.1 Å². The van der Waals surface area contributed by atoms with Crippen molar-refractivity contribution < 1.29 is 13.9 Å². The van der Waals surface area contributed by atoms with Crippen molar-refractivity contribution in [2.45, 2.75) is 6.54 Å². The number of urea groups is 1. The van der Waals surface area contributed by atoms with Gasteiger partial charge in [0.05, 0.1) is 17.3 Å². The lowest BCUT2D eigenvalue weighted by Gasteiger charge is -2.11. The fourth-order valence-electron chi connectivity index (χ4n) is 1.75. The summed E-state index contributed by atoms with van der Waals surface area (Å²) in [4.78, 5) is 11.8. The molecule has 0 fully saturated rings. The SMILES string of the molecule is COc1ccccc1NC(=O)NCc1ccc(F)c(Br)c1. The molecule has 2 rings (SSSR count). The normalized spacial score (nSPS) is 10.0. The van der Waals surface area contributed by atoms with E-state index in [9.17, 15) is 9.18 Å². The number of hydrogen-bond acceptors (Lipinski definition) is 2. The summed E-state index contributed by atoms with van der Waals surface area (Å²) in [5, 5.41) is 5.39. The molecular formula is C15H14BrFN2O2. The summed E-state index contributed by atoms with van der Waals surface area (Å²) in [7, 11) is 1.54. The molecule has 2 aromatic carbocycles. The van der Waals surface area contributed by atoms with Crippen LogP contribution in [0, 0.1) is 5.82 Å². The standard InChI is InChI=1S/C15H14BrFN2O2/c1-21-14-5-3-2-4-13(14)19-15(20)18-9-10-6-7-12(17)11(16)8-10/h2-8H,9H2,1H3,(H2,18,19,20). The van der Waals surface area contributed by atoms with Gasteiger partial charge in [0.1, 0.15) is 11.6 Å². The molecule has 0 saturated carbocycles. The predicted molar refractivity (Wildman–Crippen MR) is 83.0 cm³/mol. The first kappa shape index (κ1) is 15.3. The van der Waals surface area contributed by atoms with Gasteiger partial charge >= 0.3 is 6.03 Å². The Bertz CT molecular complexity index is 649.